The van der Waals surface area contributed by atoms with E-state index in [2.05, 4.69) is 5.32 Å². The zero-order valence-corrected chi connectivity index (χ0v) is 15.6. The van der Waals surface area contributed by atoms with E-state index in [4.69, 9.17) is 27.9 Å². The van der Waals surface area contributed by atoms with Crippen molar-refractivity contribution < 1.29 is 9.53 Å². The standard InChI is InChI=1S/C21H17Cl2NO2/c1-14-18(22)7-4-8-20(14)24-21(25)15-9-11-17(12-10-15)26-13-16-5-2-3-6-19(16)23/h2-12H,13H2,1H3,(H,24,25). The van der Waals surface area contributed by atoms with Crippen LogP contribution < -0.4 is 10.1 Å². The molecule has 0 aliphatic carbocycles. The molecule has 3 aromatic carbocycles. The number of rotatable bonds is 5. The molecule has 3 aromatic rings. The van der Waals surface area contributed by atoms with Gasteiger partial charge in [-0.2, -0.15) is 0 Å². The maximum Gasteiger partial charge on any atom is 0.255 e. The first-order chi connectivity index (χ1) is 12.5. The van der Waals surface area contributed by atoms with E-state index in [0.717, 1.165) is 11.1 Å². The smallest absolute Gasteiger partial charge is 0.255 e. The molecular formula is C21H17Cl2NO2. The zero-order valence-electron chi connectivity index (χ0n) is 14.1. The van der Waals surface area contributed by atoms with Crippen LogP contribution in [0.5, 0.6) is 5.75 Å². The van der Waals surface area contributed by atoms with Crippen molar-refractivity contribution in [2.75, 3.05) is 5.32 Å². The van der Waals surface area contributed by atoms with Gasteiger partial charge in [0, 0.05) is 26.9 Å². The molecule has 0 fully saturated rings. The van der Waals surface area contributed by atoms with E-state index >= 15 is 0 Å². The second kappa shape index (κ2) is 8.26. The van der Waals surface area contributed by atoms with Gasteiger partial charge in [-0.1, -0.05) is 47.5 Å². The lowest BCUT2D eigenvalue weighted by Gasteiger charge is -2.11. The Hall–Kier alpha value is -2.49. The summed E-state index contributed by atoms with van der Waals surface area (Å²) in [6.07, 6.45) is 0. The van der Waals surface area contributed by atoms with Crippen molar-refractivity contribution in [3.8, 4) is 5.75 Å². The molecule has 0 aromatic heterocycles. The van der Waals surface area contributed by atoms with Crippen molar-refractivity contribution in [3.05, 3.63) is 93.5 Å². The average Bonchev–Trinajstić information content (AvgIpc) is 2.65. The van der Waals surface area contributed by atoms with E-state index in [1.54, 1.807) is 36.4 Å². The van der Waals surface area contributed by atoms with Crippen molar-refractivity contribution in [2.24, 2.45) is 0 Å². The molecule has 1 amide bonds. The third-order valence-corrected chi connectivity index (χ3v) is 4.76. The summed E-state index contributed by atoms with van der Waals surface area (Å²) >= 11 is 12.2. The number of carbonyl (C=O) groups excluding carboxylic acids is 1. The molecule has 132 valence electrons. The molecule has 0 saturated carbocycles. The monoisotopic (exact) mass is 385 g/mol. The Morgan fingerprint density at radius 3 is 2.35 bits per heavy atom. The van der Waals surface area contributed by atoms with Crippen LogP contribution in [0.1, 0.15) is 21.5 Å². The van der Waals surface area contributed by atoms with Crippen LogP contribution in [0.15, 0.2) is 66.7 Å². The minimum absolute atomic E-state index is 0.201. The number of halogens is 2. The SMILES string of the molecule is Cc1c(Cl)cccc1NC(=O)c1ccc(OCc2ccccc2Cl)cc1. The van der Waals surface area contributed by atoms with Gasteiger partial charge in [-0.05, 0) is 55.0 Å². The van der Waals surface area contributed by atoms with Gasteiger partial charge < -0.3 is 10.1 Å². The molecule has 0 saturated heterocycles. The molecule has 26 heavy (non-hydrogen) atoms. The van der Waals surface area contributed by atoms with Crippen LogP contribution in [-0.2, 0) is 6.61 Å². The molecular weight excluding hydrogens is 369 g/mol. The second-order valence-corrected chi connectivity index (χ2v) is 6.59. The van der Waals surface area contributed by atoms with Crippen LogP contribution in [0.4, 0.5) is 5.69 Å². The molecule has 0 aliphatic rings. The van der Waals surface area contributed by atoms with E-state index in [9.17, 15) is 4.79 Å². The van der Waals surface area contributed by atoms with Crippen LogP contribution in [0, 0.1) is 6.92 Å². The lowest BCUT2D eigenvalue weighted by molar-refractivity contribution is 0.102. The van der Waals surface area contributed by atoms with Gasteiger partial charge >= 0.3 is 0 Å². The first-order valence-electron chi connectivity index (χ1n) is 8.07. The Labute approximate surface area is 162 Å². The number of benzene rings is 3. The number of ether oxygens (including phenoxy) is 1. The molecule has 3 rings (SSSR count). The van der Waals surface area contributed by atoms with E-state index in [1.165, 1.54) is 0 Å². The first kappa shape index (κ1) is 18.3. The van der Waals surface area contributed by atoms with E-state index < -0.39 is 0 Å². The van der Waals surface area contributed by atoms with E-state index in [0.29, 0.717) is 33.7 Å². The molecule has 1 N–H and O–H groups in total. The molecule has 0 spiro atoms. The van der Waals surface area contributed by atoms with Crippen molar-refractivity contribution in [3.63, 3.8) is 0 Å². The van der Waals surface area contributed by atoms with Crippen molar-refractivity contribution in [1.82, 2.24) is 0 Å². The van der Waals surface area contributed by atoms with Crippen molar-refractivity contribution in [1.29, 1.82) is 0 Å². The van der Waals surface area contributed by atoms with E-state index in [1.807, 2.05) is 37.3 Å². The van der Waals surface area contributed by atoms with Gasteiger partial charge in [0.05, 0.1) is 0 Å². The Morgan fingerprint density at radius 1 is 0.923 bits per heavy atom. The van der Waals surface area contributed by atoms with Crippen LogP contribution >= 0.6 is 23.2 Å². The average molecular weight is 386 g/mol. The number of nitrogens with one attached hydrogen (secondary N) is 1. The van der Waals surface area contributed by atoms with Gasteiger partial charge in [0.25, 0.3) is 5.91 Å². The number of anilines is 1. The van der Waals surface area contributed by atoms with Gasteiger partial charge in [-0.15, -0.1) is 0 Å². The van der Waals surface area contributed by atoms with Crippen LogP contribution in [0.25, 0.3) is 0 Å². The normalized spacial score (nSPS) is 10.4. The number of carbonyl (C=O) groups is 1. The van der Waals surface area contributed by atoms with Crippen LogP contribution in [0.3, 0.4) is 0 Å². The summed E-state index contributed by atoms with van der Waals surface area (Å²) in [4.78, 5) is 12.4. The van der Waals surface area contributed by atoms with Crippen molar-refractivity contribution in [2.45, 2.75) is 13.5 Å². The Morgan fingerprint density at radius 2 is 1.62 bits per heavy atom. The highest BCUT2D eigenvalue weighted by Gasteiger charge is 2.09. The first-order valence-corrected chi connectivity index (χ1v) is 8.83. The summed E-state index contributed by atoms with van der Waals surface area (Å²) in [5, 5.41) is 4.15. The quantitative estimate of drug-likeness (QED) is 0.573. The molecule has 0 aliphatic heterocycles. The third kappa shape index (κ3) is 4.37. The topological polar surface area (TPSA) is 38.3 Å². The second-order valence-electron chi connectivity index (χ2n) is 5.77. The van der Waals surface area contributed by atoms with Gasteiger partial charge in [0.15, 0.2) is 0 Å². The lowest BCUT2D eigenvalue weighted by atomic mass is 10.1. The van der Waals surface area contributed by atoms with E-state index in [-0.39, 0.29) is 5.91 Å². The molecule has 0 heterocycles. The van der Waals surface area contributed by atoms with Gasteiger partial charge in [0.1, 0.15) is 12.4 Å². The summed E-state index contributed by atoms with van der Waals surface area (Å²) in [5.41, 5.74) is 2.98. The summed E-state index contributed by atoms with van der Waals surface area (Å²) < 4.78 is 5.73. The zero-order chi connectivity index (χ0) is 18.5. The summed E-state index contributed by atoms with van der Waals surface area (Å²) in [6, 6.07) is 19.9. The molecule has 0 atom stereocenters. The summed E-state index contributed by atoms with van der Waals surface area (Å²) in [7, 11) is 0. The fourth-order valence-electron chi connectivity index (χ4n) is 2.42. The Kier molecular flexibility index (Phi) is 5.82. The highest BCUT2D eigenvalue weighted by Crippen LogP contribution is 2.24. The maximum absolute atomic E-state index is 12.4. The van der Waals surface area contributed by atoms with Gasteiger partial charge in [0.2, 0.25) is 0 Å². The molecule has 0 radical (unpaired) electrons. The lowest BCUT2D eigenvalue weighted by Crippen LogP contribution is -2.12. The molecule has 5 heteroatoms. The number of hydrogen-bond acceptors (Lipinski definition) is 2. The van der Waals surface area contributed by atoms with Crippen LogP contribution in [-0.4, -0.2) is 5.91 Å². The van der Waals surface area contributed by atoms with Gasteiger partial charge in [-0.25, -0.2) is 0 Å². The third-order valence-electron chi connectivity index (χ3n) is 3.98. The number of hydrogen-bond donors (Lipinski definition) is 1. The summed E-state index contributed by atoms with van der Waals surface area (Å²) in [5.74, 6) is 0.466. The van der Waals surface area contributed by atoms with Crippen molar-refractivity contribution >= 4 is 34.8 Å². The fraction of sp³-hybridized carbons (Fsp3) is 0.0952. The number of amides is 1. The molecule has 0 bridgehead atoms. The minimum Gasteiger partial charge on any atom is -0.489 e. The van der Waals surface area contributed by atoms with Gasteiger partial charge in [-0.3, -0.25) is 4.79 Å². The predicted octanol–water partition coefficient (Wildman–Crippen LogP) is 6.13. The molecule has 0 unspecified atom stereocenters. The maximum atomic E-state index is 12.4. The Bertz CT molecular complexity index is 924. The summed E-state index contributed by atoms with van der Waals surface area (Å²) in [6.45, 7) is 2.23. The predicted molar refractivity (Wildman–Crippen MR) is 106 cm³/mol. The largest absolute Gasteiger partial charge is 0.489 e. The Balaban J connectivity index is 1.64. The highest BCUT2D eigenvalue weighted by atomic mass is 35.5. The molecule has 3 nitrogen and oxygen atoms in total. The minimum atomic E-state index is -0.201. The van der Waals surface area contributed by atoms with Crippen LogP contribution in [0.2, 0.25) is 10.0 Å². The fourth-order valence-corrected chi connectivity index (χ4v) is 2.78. The highest BCUT2D eigenvalue weighted by molar-refractivity contribution is 6.32.